The molecule has 0 spiro atoms. The summed E-state index contributed by atoms with van der Waals surface area (Å²) in [6, 6.07) is 4.55. The van der Waals surface area contributed by atoms with Gasteiger partial charge in [-0.15, -0.1) is 11.3 Å². The van der Waals surface area contributed by atoms with Crippen molar-refractivity contribution in [3.63, 3.8) is 0 Å². The molecular formula is C13H10BrFN2OS. The molecule has 2 rings (SSSR count). The van der Waals surface area contributed by atoms with Gasteiger partial charge < -0.3 is 0 Å². The molecule has 19 heavy (non-hydrogen) atoms. The van der Waals surface area contributed by atoms with Crippen molar-refractivity contribution >= 4 is 44.4 Å². The number of carbonyl (C=O) groups is 1. The molecule has 0 aliphatic heterocycles. The third-order valence-electron chi connectivity index (χ3n) is 2.22. The molecule has 2 aromatic rings. The van der Waals surface area contributed by atoms with Gasteiger partial charge in [0.05, 0.1) is 0 Å². The maximum Gasteiger partial charge on any atom is 0.250 e. The predicted octanol–water partition coefficient (Wildman–Crippen LogP) is 4.01. The first-order chi connectivity index (χ1) is 9.04. The molecule has 0 atom stereocenters. The summed E-state index contributed by atoms with van der Waals surface area (Å²) in [6.07, 6.45) is 4.38. The molecule has 0 fully saturated rings. The van der Waals surface area contributed by atoms with Gasteiger partial charge >= 0.3 is 0 Å². The first-order valence-electron chi connectivity index (χ1n) is 5.41. The van der Waals surface area contributed by atoms with Crippen LogP contribution in [0.5, 0.6) is 0 Å². The van der Waals surface area contributed by atoms with Crippen LogP contribution in [0.25, 0.3) is 6.08 Å². The largest absolute Gasteiger partial charge is 0.298 e. The van der Waals surface area contributed by atoms with Crippen molar-refractivity contribution in [3.8, 4) is 0 Å². The van der Waals surface area contributed by atoms with Crippen LogP contribution in [-0.2, 0) is 4.79 Å². The van der Waals surface area contributed by atoms with E-state index in [4.69, 9.17) is 0 Å². The van der Waals surface area contributed by atoms with Crippen molar-refractivity contribution < 1.29 is 9.18 Å². The fourth-order valence-corrected chi connectivity index (χ4v) is 2.41. The minimum absolute atomic E-state index is 0.339. The molecule has 6 heteroatoms. The number of aryl methyl sites for hydroxylation is 1. The molecule has 0 unspecified atom stereocenters. The molecule has 0 radical (unpaired) electrons. The van der Waals surface area contributed by atoms with Gasteiger partial charge in [0.25, 0.3) is 0 Å². The molecule has 0 bridgehead atoms. The summed E-state index contributed by atoms with van der Waals surface area (Å²) < 4.78 is 14.2. The van der Waals surface area contributed by atoms with Gasteiger partial charge in [0.15, 0.2) is 5.13 Å². The van der Waals surface area contributed by atoms with E-state index >= 15 is 0 Å². The summed E-state index contributed by atoms with van der Waals surface area (Å²) in [5, 5.41) is 3.14. The summed E-state index contributed by atoms with van der Waals surface area (Å²) in [4.78, 5) is 16.7. The van der Waals surface area contributed by atoms with E-state index in [-0.39, 0.29) is 11.7 Å². The third-order valence-corrected chi connectivity index (χ3v) is 3.55. The Bertz CT molecular complexity index is 639. The molecule has 0 aliphatic rings. The highest BCUT2D eigenvalue weighted by molar-refractivity contribution is 9.10. The highest BCUT2D eigenvalue weighted by atomic mass is 79.9. The summed E-state index contributed by atoms with van der Waals surface area (Å²) >= 11 is 4.64. The zero-order chi connectivity index (χ0) is 13.8. The summed E-state index contributed by atoms with van der Waals surface area (Å²) in [6.45, 7) is 1.90. The zero-order valence-electron chi connectivity index (χ0n) is 9.98. The number of rotatable bonds is 3. The highest BCUT2D eigenvalue weighted by Crippen LogP contribution is 2.18. The van der Waals surface area contributed by atoms with E-state index < -0.39 is 0 Å². The second kappa shape index (κ2) is 6.08. The quantitative estimate of drug-likeness (QED) is 0.858. The molecule has 1 aromatic carbocycles. The second-order valence-corrected chi connectivity index (χ2v) is 5.91. The predicted molar refractivity (Wildman–Crippen MR) is 78.6 cm³/mol. The molecule has 98 valence electrons. The van der Waals surface area contributed by atoms with E-state index in [9.17, 15) is 9.18 Å². The van der Waals surface area contributed by atoms with Gasteiger partial charge in [-0.25, -0.2) is 9.37 Å². The lowest BCUT2D eigenvalue weighted by molar-refractivity contribution is -0.111. The number of halogens is 2. The number of thiazole rings is 1. The van der Waals surface area contributed by atoms with Crippen LogP contribution in [0, 0.1) is 12.7 Å². The molecule has 0 saturated carbocycles. The van der Waals surface area contributed by atoms with Crippen molar-refractivity contribution in [3.05, 3.63) is 51.2 Å². The minimum atomic E-state index is -0.377. The zero-order valence-corrected chi connectivity index (χ0v) is 12.4. The summed E-state index contributed by atoms with van der Waals surface area (Å²) in [7, 11) is 0. The first kappa shape index (κ1) is 13.9. The van der Waals surface area contributed by atoms with Crippen molar-refractivity contribution in [2.75, 3.05) is 5.32 Å². The Morgan fingerprint density at radius 1 is 1.53 bits per heavy atom. The Morgan fingerprint density at radius 2 is 2.32 bits per heavy atom. The number of hydrogen-bond acceptors (Lipinski definition) is 3. The van der Waals surface area contributed by atoms with Gasteiger partial charge in [-0.05, 0) is 31.2 Å². The first-order valence-corrected chi connectivity index (χ1v) is 7.02. The van der Waals surface area contributed by atoms with Gasteiger partial charge in [-0.2, -0.15) is 0 Å². The third kappa shape index (κ3) is 3.97. The topological polar surface area (TPSA) is 42.0 Å². The number of amides is 1. The molecule has 1 aromatic heterocycles. The SMILES string of the molecule is Cc1cnc(NC(=O)/C=C/c2cc(Br)ccc2F)s1. The van der Waals surface area contributed by atoms with Crippen LogP contribution in [0.2, 0.25) is 0 Å². The Morgan fingerprint density at radius 3 is 3.00 bits per heavy atom. The molecule has 3 nitrogen and oxygen atoms in total. The lowest BCUT2D eigenvalue weighted by atomic mass is 10.2. The van der Waals surface area contributed by atoms with Crippen LogP contribution < -0.4 is 5.32 Å². The maximum atomic E-state index is 13.4. The van der Waals surface area contributed by atoms with Gasteiger partial charge in [0, 0.05) is 27.2 Å². The average molecular weight is 341 g/mol. The van der Waals surface area contributed by atoms with E-state index in [2.05, 4.69) is 26.2 Å². The molecule has 1 N–H and O–H groups in total. The van der Waals surface area contributed by atoms with E-state index in [1.54, 1.807) is 18.3 Å². The molecule has 0 saturated heterocycles. The Labute approximate surface area is 122 Å². The number of aromatic nitrogens is 1. The number of benzene rings is 1. The van der Waals surface area contributed by atoms with Gasteiger partial charge in [-0.3, -0.25) is 10.1 Å². The van der Waals surface area contributed by atoms with Crippen LogP contribution in [-0.4, -0.2) is 10.9 Å². The standard InChI is InChI=1S/C13H10BrFN2OS/c1-8-7-16-13(19-8)17-12(18)5-2-9-6-10(14)3-4-11(9)15/h2-7H,1H3,(H,16,17,18)/b5-2+. The Hall–Kier alpha value is -1.53. The Kier molecular flexibility index (Phi) is 4.44. The smallest absolute Gasteiger partial charge is 0.250 e. The number of nitrogens with one attached hydrogen (secondary N) is 1. The van der Waals surface area contributed by atoms with Crippen LogP contribution in [0.4, 0.5) is 9.52 Å². The fraction of sp³-hybridized carbons (Fsp3) is 0.0769. The van der Waals surface area contributed by atoms with E-state index in [0.29, 0.717) is 10.7 Å². The maximum absolute atomic E-state index is 13.4. The van der Waals surface area contributed by atoms with E-state index in [0.717, 1.165) is 9.35 Å². The molecular weight excluding hydrogens is 331 g/mol. The highest BCUT2D eigenvalue weighted by Gasteiger charge is 2.03. The number of carbonyl (C=O) groups excluding carboxylic acids is 1. The van der Waals surface area contributed by atoms with Gasteiger partial charge in [0.2, 0.25) is 5.91 Å². The molecule has 1 amide bonds. The van der Waals surface area contributed by atoms with Crippen molar-refractivity contribution in [2.45, 2.75) is 6.92 Å². The van der Waals surface area contributed by atoms with Crippen molar-refractivity contribution in [1.82, 2.24) is 4.98 Å². The van der Waals surface area contributed by atoms with Crippen molar-refractivity contribution in [1.29, 1.82) is 0 Å². The number of hydrogen-bond donors (Lipinski definition) is 1. The lowest BCUT2D eigenvalue weighted by Crippen LogP contribution is -2.07. The monoisotopic (exact) mass is 340 g/mol. The average Bonchev–Trinajstić information content (AvgIpc) is 2.76. The van der Waals surface area contributed by atoms with Crippen LogP contribution in [0.3, 0.4) is 0 Å². The van der Waals surface area contributed by atoms with Gasteiger partial charge in [-0.1, -0.05) is 15.9 Å². The van der Waals surface area contributed by atoms with Crippen molar-refractivity contribution in [2.24, 2.45) is 0 Å². The lowest BCUT2D eigenvalue weighted by Gasteiger charge is -1.98. The summed E-state index contributed by atoms with van der Waals surface area (Å²) in [5.41, 5.74) is 0.347. The van der Waals surface area contributed by atoms with Crippen LogP contribution >= 0.6 is 27.3 Å². The van der Waals surface area contributed by atoms with Crippen LogP contribution in [0.1, 0.15) is 10.4 Å². The van der Waals surface area contributed by atoms with Gasteiger partial charge in [0.1, 0.15) is 5.82 Å². The van der Waals surface area contributed by atoms with Crippen LogP contribution in [0.15, 0.2) is 34.9 Å². The van der Waals surface area contributed by atoms with E-state index in [1.807, 2.05) is 6.92 Å². The summed E-state index contributed by atoms with van der Waals surface area (Å²) in [5.74, 6) is -0.717. The second-order valence-electron chi connectivity index (χ2n) is 3.76. The number of nitrogens with zero attached hydrogens (tertiary/aromatic N) is 1. The molecule has 0 aliphatic carbocycles. The minimum Gasteiger partial charge on any atom is -0.298 e. The normalized spacial score (nSPS) is 10.9. The fourth-order valence-electron chi connectivity index (χ4n) is 1.37. The molecule has 1 heterocycles. The number of anilines is 1. The van der Waals surface area contributed by atoms with E-state index in [1.165, 1.54) is 29.6 Å². The Balaban J connectivity index is 2.05.